The van der Waals surface area contributed by atoms with E-state index in [1.54, 1.807) is 6.92 Å². The van der Waals surface area contributed by atoms with E-state index in [1.807, 2.05) is 0 Å². The standard InChI is InChI=1S/C19H18F2N2O6/c1-2-28-18(25)10-9-22-15-11(16(10)24)14(23(26)27)12(20)13(21)17(15)29-8-7-19(22)5-3-4-6-19/h9H,2-8H2,1H3. The van der Waals surface area contributed by atoms with Gasteiger partial charge in [-0.3, -0.25) is 14.9 Å². The Morgan fingerprint density at radius 3 is 2.62 bits per heavy atom. The van der Waals surface area contributed by atoms with Crippen molar-refractivity contribution in [1.82, 2.24) is 4.57 Å². The Morgan fingerprint density at radius 2 is 2.00 bits per heavy atom. The molecule has 0 N–H and O–H groups in total. The molecule has 0 radical (unpaired) electrons. The maximum absolute atomic E-state index is 14.7. The first-order valence-electron chi connectivity index (χ1n) is 9.37. The van der Waals surface area contributed by atoms with Crippen LogP contribution in [-0.4, -0.2) is 28.7 Å². The molecule has 0 unspecified atom stereocenters. The number of carbonyl (C=O) groups is 1. The number of carbonyl (C=O) groups excluding carboxylic acids is 1. The number of nitrogens with zero attached hydrogens (tertiary/aromatic N) is 2. The second-order valence-corrected chi connectivity index (χ2v) is 7.28. The molecular weight excluding hydrogens is 390 g/mol. The van der Waals surface area contributed by atoms with Crippen molar-refractivity contribution in [1.29, 1.82) is 0 Å². The topological polar surface area (TPSA) is 101 Å². The van der Waals surface area contributed by atoms with Crippen molar-refractivity contribution in [2.75, 3.05) is 13.2 Å². The lowest BCUT2D eigenvalue weighted by atomic mass is 9.92. The molecule has 0 saturated heterocycles. The number of rotatable bonds is 3. The zero-order valence-corrected chi connectivity index (χ0v) is 15.6. The van der Waals surface area contributed by atoms with E-state index in [0.29, 0.717) is 19.3 Å². The second-order valence-electron chi connectivity index (χ2n) is 7.28. The van der Waals surface area contributed by atoms with E-state index < -0.39 is 55.9 Å². The first kappa shape index (κ1) is 19.3. The number of ether oxygens (including phenoxy) is 2. The van der Waals surface area contributed by atoms with Gasteiger partial charge in [0, 0.05) is 18.2 Å². The van der Waals surface area contributed by atoms with Crippen LogP contribution in [0.5, 0.6) is 5.75 Å². The van der Waals surface area contributed by atoms with Gasteiger partial charge in [-0.2, -0.15) is 8.78 Å². The minimum Gasteiger partial charge on any atom is -0.488 e. The summed E-state index contributed by atoms with van der Waals surface area (Å²) in [6, 6.07) is 0. The van der Waals surface area contributed by atoms with Crippen molar-refractivity contribution < 1.29 is 28.0 Å². The van der Waals surface area contributed by atoms with Crippen LogP contribution in [0.4, 0.5) is 14.5 Å². The Hall–Kier alpha value is -3.04. The molecule has 1 fully saturated rings. The highest BCUT2D eigenvalue weighted by molar-refractivity contribution is 5.99. The van der Waals surface area contributed by atoms with Gasteiger partial charge in [0.15, 0.2) is 5.75 Å². The van der Waals surface area contributed by atoms with E-state index in [1.165, 1.54) is 10.8 Å². The van der Waals surface area contributed by atoms with Crippen LogP contribution in [0, 0.1) is 21.7 Å². The highest BCUT2D eigenvalue weighted by Crippen LogP contribution is 2.47. The molecule has 1 spiro atoms. The van der Waals surface area contributed by atoms with E-state index in [0.717, 1.165) is 12.8 Å². The van der Waals surface area contributed by atoms with Crippen LogP contribution >= 0.6 is 0 Å². The summed E-state index contributed by atoms with van der Waals surface area (Å²) in [5.41, 5.74) is -3.64. The third-order valence-electron chi connectivity index (χ3n) is 5.80. The van der Waals surface area contributed by atoms with E-state index in [-0.39, 0.29) is 18.7 Å². The van der Waals surface area contributed by atoms with Gasteiger partial charge in [-0.05, 0) is 19.8 Å². The Bertz CT molecular complexity index is 1100. The summed E-state index contributed by atoms with van der Waals surface area (Å²) in [5.74, 6) is -4.82. The number of aromatic nitrogens is 1. The van der Waals surface area contributed by atoms with Crippen LogP contribution in [0.2, 0.25) is 0 Å². The van der Waals surface area contributed by atoms with Crippen molar-refractivity contribution in [3.63, 3.8) is 0 Å². The van der Waals surface area contributed by atoms with E-state index in [4.69, 9.17) is 9.47 Å². The summed E-state index contributed by atoms with van der Waals surface area (Å²) in [5, 5.41) is 10.9. The smallest absolute Gasteiger partial charge is 0.343 e. The van der Waals surface area contributed by atoms with Gasteiger partial charge < -0.3 is 14.0 Å². The van der Waals surface area contributed by atoms with Gasteiger partial charge in [0.1, 0.15) is 16.5 Å². The maximum atomic E-state index is 14.7. The van der Waals surface area contributed by atoms with Crippen molar-refractivity contribution in [2.24, 2.45) is 0 Å². The fraction of sp³-hybridized carbons (Fsp3) is 0.474. The van der Waals surface area contributed by atoms with Gasteiger partial charge in [0.05, 0.1) is 18.1 Å². The number of nitro benzene ring substituents is 1. The third kappa shape index (κ3) is 2.69. The summed E-state index contributed by atoms with van der Waals surface area (Å²) in [6.45, 7) is 1.58. The van der Waals surface area contributed by atoms with Crippen LogP contribution in [0.1, 0.15) is 49.4 Å². The molecule has 0 bridgehead atoms. The Morgan fingerprint density at radius 1 is 1.31 bits per heavy atom. The molecule has 8 nitrogen and oxygen atoms in total. The van der Waals surface area contributed by atoms with Gasteiger partial charge in [0.25, 0.3) is 0 Å². The molecule has 2 aliphatic rings. The summed E-state index contributed by atoms with van der Waals surface area (Å²) in [7, 11) is 0. The van der Waals surface area contributed by atoms with E-state index in [2.05, 4.69) is 0 Å². The molecule has 1 aromatic heterocycles. The number of benzene rings is 1. The molecular formula is C19H18F2N2O6. The zero-order chi connectivity index (χ0) is 20.9. The number of hydrogen-bond acceptors (Lipinski definition) is 6. The highest BCUT2D eigenvalue weighted by atomic mass is 19.2. The maximum Gasteiger partial charge on any atom is 0.343 e. The summed E-state index contributed by atoms with van der Waals surface area (Å²) in [6.07, 6.45) is 4.70. The van der Waals surface area contributed by atoms with Gasteiger partial charge >= 0.3 is 11.7 Å². The Balaban J connectivity index is 2.23. The quantitative estimate of drug-likeness (QED) is 0.438. The predicted octanol–water partition coefficient (Wildman–Crippen LogP) is 3.42. The average molecular weight is 408 g/mol. The largest absolute Gasteiger partial charge is 0.488 e. The number of fused-ring (bicyclic) bond motifs is 1. The Labute approximate surface area is 163 Å². The lowest BCUT2D eigenvalue weighted by Crippen LogP contribution is -2.34. The number of halogens is 2. The number of esters is 1. The highest BCUT2D eigenvalue weighted by Gasteiger charge is 2.43. The minimum atomic E-state index is -1.79. The van der Waals surface area contributed by atoms with Gasteiger partial charge in [-0.1, -0.05) is 12.8 Å². The van der Waals surface area contributed by atoms with Crippen molar-refractivity contribution in [3.05, 3.63) is 43.7 Å². The molecule has 154 valence electrons. The van der Waals surface area contributed by atoms with Crippen molar-refractivity contribution in [2.45, 2.75) is 44.6 Å². The van der Waals surface area contributed by atoms with Gasteiger partial charge in [0.2, 0.25) is 17.1 Å². The molecule has 1 aromatic carbocycles. The Kier molecular flexibility index (Phi) is 4.51. The normalized spacial score (nSPS) is 17.2. The third-order valence-corrected chi connectivity index (χ3v) is 5.80. The fourth-order valence-electron chi connectivity index (χ4n) is 4.49. The van der Waals surface area contributed by atoms with Crippen LogP contribution < -0.4 is 10.2 Å². The molecule has 10 heteroatoms. The fourth-order valence-corrected chi connectivity index (χ4v) is 4.49. The van der Waals surface area contributed by atoms with Crippen LogP contribution in [0.25, 0.3) is 10.9 Å². The number of hydrogen-bond donors (Lipinski definition) is 0. The van der Waals surface area contributed by atoms with E-state index >= 15 is 0 Å². The lowest BCUT2D eigenvalue weighted by molar-refractivity contribution is -0.386. The molecule has 29 heavy (non-hydrogen) atoms. The molecule has 4 rings (SSSR count). The number of pyridine rings is 1. The van der Waals surface area contributed by atoms with E-state index in [9.17, 15) is 28.5 Å². The first-order chi connectivity index (χ1) is 13.8. The van der Waals surface area contributed by atoms with Crippen LogP contribution in [-0.2, 0) is 10.3 Å². The van der Waals surface area contributed by atoms with Crippen molar-refractivity contribution in [3.8, 4) is 5.75 Å². The summed E-state index contributed by atoms with van der Waals surface area (Å²) < 4.78 is 41.2. The monoisotopic (exact) mass is 408 g/mol. The van der Waals surface area contributed by atoms with Gasteiger partial charge in [-0.25, -0.2) is 4.79 Å². The number of nitro groups is 1. The SMILES string of the molecule is CCOC(=O)c1cn2c3c(c(F)c(F)c([N+](=O)[O-])c3c1=O)OCCC21CCCC1. The molecule has 2 aromatic rings. The minimum absolute atomic E-state index is 0.0182. The average Bonchev–Trinajstić information content (AvgIpc) is 3.08. The van der Waals surface area contributed by atoms with Crippen molar-refractivity contribution >= 4 is 22.6 Å². The molecule has 1 saturated carbocycles. The summed E-state index contributed by atoms with van der Waals surface area (Å²) >= 11 is 0. The molecule has 1 aliphatic carbocycles. The second kappa shape index (κ2) is 6.78. The zero-order valence-electron chi connectivity index (χ0n) is 15.6. The molecule has 0 amide bonds. The predicted molar refractivity (Wildman–Crippen MR) is 97.3 cm³/mol. The molecule has 1 aliphatic heterocycles. The van der Waals surface area contributed by atoms with Crippen LogP contribution in [0.15, 0.2) is 11.0 Å². The van der Waals surface area contributed by atoms with Gasteiger partial charge in [-0.15, -0.1) is 0 Å². The molecule has 2 heterocycles. The molecule has 0 atom stereocenters. The van der Waals surface area contributed by atoms with Crippen LogP contribution in [0.3, 0.4) is 0 Å². The lowest BCUT2D eigenvalue weighted by Gasteiger charge is -2.32. The first-order valence-corrected chi connectivity index (χ1v) is 9.37. The summed E-state index contributed by atoms with van der Waals surface area (Å²) in [4.78, 5) is 35.8.